The Kier molecular flexibility index (Phi) is 8.22. The van der Waals surface area contributed by atoms with E-state index in [1.807, 2.05) is 12.1 Å². The molecular weight excluding hydrogens is 499 g/mol. The molecule has 1 fully saturated rings. The molecule has 0 unspecified atom stereocenters. The Morgan fingerprint density at radius 3 is 2.76 bits per heavy atom. The fourth-order valence-electron chi connectivity index (χ4n) is 4.25. The molecule has 0 amide bonds. The fraction of sp³-hybridized carbons (Fsp3) is 0.360. The molecule has 1 aliphatic rings. The van der Waals surface area contributed by atoms with Crippen molar-refractivity contribution in [2.24, 2.45) is 5.14 Å². The van der Waals surface area contributed by atoms with Gasteiger partial charge in [-0.2, -0.15) is 13.6 Å². The third-order valence-corrected chi connectivity index (χ3v) is 6.58. The van der Waals surface area contributed by atoms with Gasteiger partial charge in [0.05, 0.1) is 5.69 Å². The van der Waals surface area contributed by atoms with Crippen LogP contribution in [0.15, 0.2) is 48.7 Å². The van der Waals surface area contributed by atoms with E-state index >= 15 is 0 Å². The highest BCUT2D eigenvalue weighted by atomic mass is 32.2. The molecule has 10 nitrogen and oxygen atoms in total. The van der Waals surface area contributed by atoms with E-state index in [-0.39, 0.29) is 17.3 Å². The number of piperazine rings is 1. The van der Waals surface area contributed by atoms with Crippen molar-refractivity contribution in [3.05, 3.63) is 65.6 Å². The lowest BCUT2D eigenvalue weighted by atomic mass is 10.0. The van der Waals surface area contributed by atoms with Crippen LogP contribution in [-0.4, -0.2) is 60.1 Å². The summed E-state index contributed by atoms with van der Waals surface area (Å²) >= 11 is 0. The SMILES string of the molecule is C[C@H]1CN(Cc2ccc(F)c(-c3ccnc(NCCc4ccc(OS(N)(=O)=O)c(O)c4)n3)c2)[C@@H](C)CN1. The number of anilines is 1. The van der Waals surface area contributed by atoms with E-state index in [4.69, 9.17) is 5.14 Å². The number of nitrogens with zero attached hydrogens (tertiary/aromatic N) is 3. The number of nitrogens with two attached hydrogens (primary N) is 1. The molecule has 0 bridgehead atoms. The summed E-state index contributed by atoms with van der Waals surface area (Å²) in [5.41, 5.74) is 2.62. The highest BCUT2D eigenvalue weighted by molar-refractivity contribution is 7.84. The molecule has 4 rings (SSSR count). The maximum atomic E-state index is 14.8. The van der Waals surface area contributed by atoms with E-state index in [2.05, 4.69) is 43.5 Å². The molecule has 37 heavy (non-hydrogen) atoms. The van der Waals surface area contributed by atoms with Gasteiger partial charge in [0.25, 0.3) is 0 Å². The molecule has 198 valence electrons. The molecule has 3 aromatic rings. The Labute approximate surface area is 216 Å². The Balaban J connectivity index is 1.41. The smallest absolute Gasteiger partial charge is 0.380 e. The number of hydrogen-bond donors (Lipinski definition) is 4. The van der Waals surface area contributed by atoms with Crippen LogP contribution in [0.3, 0.4) is 0 Å². The summed E-state index contributed by atoms with van der Waals surface area (Å²) in [5.74, 6) is -0.608. The first-order valence-electron chi connectivity index (χ1n) is 11.9. The van der Waals surface area contributed by atoms with Crippen molar-refractivity contribution in [1.29, 1.82) is 0 Å². The van der Waals surface area contributed by atoms with Gasteiger partial charge in [0, 0.05) is 50.0 Å². The van der Waals surface area contributed by atoms with Crippen molar-refractivity contribution in [3.63, 3.8) is 0 Å². The van der Waals surface area contributed by atoms with Gasteiger partial charge in [-0.25, -0.2) is 14.4 Å². The quantitative estimate of drug-likeness (QED) is 0.328. The lowest BCUT2D eigenvalue weighted by molar-refractivity contribution is 0.139. The molecule has 0 aliphatic carbocycles. The van der Waals surface area contributed by atoms with Gasteiger partial charge in [0.2, 0.25) is 5.95 Å². The first-order chi connectivity index (χ1) is 17.6. The second-order valence-corrected chi connectivity index (χ2v) is 10.4. The van der Waals surface area contributed by atoms with E-state index in [0.29, 0.717) is 42.3 Å². The van der Waals surface area contributed by atoms with Crippen LogP contribution in [-0.2, 0) is 23.3 Å². The summed E-state index contributed by atoms with van der Waals surface area (Å²) in [6.07, 6.45) is 2.05. The Morgan fingerprint density at radius 2 is 2.00 bits per heavy atom. The maximum absolute atomic E-state index is 14.8. The minimum atomic E-state index is -4.23. The standard InChI is InChI=1S/C25H31FN6O4S/c1-16-14-32(17(2)13-30-16)15-19-3-5-21(26)20(11-19)22-8-10-29-25(31-22)28-9-7-18-4-6-24(23(33)12-18)36-37(27,34)35/h3-6,8,10-12,16-17,30,33H,7,9,13-15H2,1-2H3,(H2,27,34,35)(H,28,29,31)/t16-,17-/m0/s1. The van der Waals surface area contributed by atoms with Crippen LogP contribution in [0.2, 0.25) is 0 Å². The Morgan fingerprint density at radius 1 is 1.22 bits per heavy atom. The number of phenols is 1. The third-order valence-electron chi connectivity index (χ3n) is 6.17. The number of rotatable bonds is 9. The Bertz CT molecular complexity index is 1360. The Hall–Kier alpha value is -3.32. The normalized spacial score (nSPS) is 18.5. The van der Waals surface area contributed by atoms with Gasteiger partial charge in [-0.15, -0.1) is 0 Å². The summed E-state index contributed by atoms with van der Waals surface area (Å²) < 4.78 is 41.4. The zero-order valence-corrected chi connectivity index (χ0v) is 21.5. The van der Waals surface area contributed by atoms with Crippen molar-refractivity contribution < 1.29 is 22.1 Å². The molecular formula is C25H31FN6O4S. The second-order valence-electron chi connectivity index (χ2n) is 9.22. The number of benzene rings is 2. The van der Waals surface area contributed by atoms with Crippen LogP contribution in [0.4, 0.5) is 10.3 Å². The van der Waals surface area contributed by atoms with Gasteiger partial charge in [-0.05, 0) is 61.7 Å². The fourth-order valence-corrected chi connectivity index (χ4v) is 4.64. The minimum absolute atomic E-state index is 0.250. The molecule has 0 spiro atoms. The predicted molar refractivity (Wildman–Crippen MR) is 139 cm³/mol. The molecule has 2 atom stereocenters. The molecule has 1 aliphatic heterocycles. The molecule has 2 aromatic carbocycles. The zero-order chi connectivity index (χ0) is 26.6. The van der Waals surface area contributed by atoms with Gasteiger partial charge in [-0.3, -0.25) is 4.90 Å². The lowest BCUT2D eigenvalue weighted by Gasteiger charge is -2.37. The number of nitrogens with one attached hydrogen (secondary N) is 2. The average Bonchev–Trinajstić information content (AvgIpc) is 2.84. The first-order valence-corrected chi connectivity index (χ1v) is 13.4. The average molecular weight is 531 g/mol. The summed E-state index contributed by atoms with van der Waals surface area (Å²) in [7, 11) is -4.23. The van der Waals surface area contributed by atoms with Gasteiger partial charge in [0.1, 0.15) is 5.82 Å². The van der Waals surface area contributed by atoms with Gasteiger partial charge in [-0.1, -0.05) is 12.1 Å². The number of aromatic hydroxyl groups is 1. The largest absolute Gasteiger partial charge is 0.504 e. The predicted octanol–water partition coefficient (Wildman–Crippen LogP) is 2.41. The van der Waals surface area contributed by atoms with Crippen LogP contribution in [0, 0.1) is 5.82 Å². The van der Waals surface area contributed by atoms with Crippen molar-refractivity contribution in [1.82, 2.24) is 20.2 Å². The minimum Gasteiger partial charge on any atom is -0.504 e. The van der Waals surface area contributed by atoms with E-state index in [0.717, 1.165) is 30.8 Å². The summed E-state index contributed by atoms with van der Waals surface area (Å²) in [6, 6.07) is 11.9. The van der Waals surface area contributed by atoms with Crippen LogP contribution in [0.1, 0.15) is 25.0 Å². The molecule has 5 N–H and O–H groups in total. The number of phenolic OH excluding ortho intramolecular Hbond substituents is 1. The van der Waals surface area contributed by atoms with Crippen molar-refractivity contribution in [2.75, 3.05) is 25.0 Å². The highest BCUT2D eigenvalue weighted by Gasteiger charge is 2.22. The van der Waals surface area contributed by atoms with Crippen molar-refractivity contribution in [2.45, 2.75) is 38.9 Å². The van der Waals surface area contributed by atoms with Crippen LogP contribution in [0.5, 0.6) is 11.5 Å². The van der Waals surface area contributed by atoms with Crippen molar-refractivity contribution >= 4 is 16.3 Å². The van der Waals surface area contributed by atoms with Gasteiger partial charge >= 0.3 is 10.3 Å². The highest BCUT2D eigenvalue weighted by Crippen LogP contribution is 2.28. The number of hydrogen-bond acceptors (Lipinski definition) is 9. The third kappa shape index (κ3) is 7.35. The molecule has 0 radical (unpaired) electrons. The van der Waals surface area contributed by atoms with Crippen LogP contribution >= 0.6 is 0 Å². The topological polar surface area (TPSA) is 143 Å². The molecule has 1 aromatic heterocycles. The summed E-state index contributed by atoms with van der Waals surface area (Å²) in [4.78, 5) is 11.1. The maximum Gasteiger partial charge on any atom is 0.380 e. The van der Waals surface area contributed by atoms with Crippen molar-refractivity contribution in [3.8, 4) is 22.8 Å². The summed E-state index contributed by atoms with van der Waals surface area (Å²) in [6.45, 7) is 7.33. The summed E-state index contributed by atoms with van der Waals surface area (Å²) in [5, 5.41) is 21.4. The monoisotopic (exact) mass is 530 g/mol. The molecule has 12 heteroatoms. The zero-order valence-electron chi connectivity index (χ0n) is 20.7. The van der Waals surface area contributed by atoms with E-state index in [9.17, 15) is 17.9 Å². The van der Waals surface area contributed by atoms with Gasteiger partial charge < -0.3 is 19.9 Å². The first kappa shape index (κ1) is 26.7. The molecule has 0 saturated carbocycles. The second kappa shape index (κ2) is 11.4. The van der Waals surface area contributed by atoms with Gasteiger partial charge in [0.15, 0.2) is 11.5 Å². The van der Waals surface area contributed by atoms with Crippen LogP contribution < -0.4 is 20.0 Å². The number of aromatic nitrogens is 2. The van der Waals surface area contributed by atoms with E-state index in [1.165, 1.54) is 18.2 Å². The number of halogens is 1. The molecule has 1 saturated heterocycles. The van der Waals surface area contributed by atoms with E-state index in [1.54, 1.807) is 18.3 Å². The van der Waals surface area contributed by atoms with Crippen LogP contribution in [0.25, 0.3) is 11.3 Å². The van der Waals surface area contributed by atoms with E-state index < -0.39 is 10.3 Å². The lowest BCUT2D eigenvalue weighted by Crippen LogP contribution is -2.53. The molecule has 2 heterocycles.